The highest BCUT2D eigenvalue weighted by Crippen LogP contribution is 2.31. The number of nitrogens with two attached hydrogens (primary N) is 1. The maximum Gasteiger partial charge on any atom is 0.262 e. The summed E-state index contributed by atoms with van der Waals surface area (Å²) in [7, 11) is 0. The minimum absolute atomic E-state index is 0.0859. The van der Waals surface area contributed by atoms with Crippen molar-refractivity contribution < 1.29 is 4.79 Å². The molecule has 0 fully saturated rings. The highest BCUT2D eigenvalue weighted by Gasteiger charge is 2.26. The standard InChI is InChI=1S/C12H16N2OS3/c1-12(2,11(13)16)14-10(15)9-5-7-6-17-4-3-8(7)18-9/h5H,3-4,6H2,1-2H3,(H2,13,16)(H,14,15). The number of thioether (sulfide) groups is 1. The SMILES string of the molecule is CC(C)(NC(=O)c1cc2c(s1)CCSC2)C(N)=S. The van der Waals surface area contributed by atoms with Gasteiger partial charge in [-0.3, -0.25) is 4.79 Å². The van der Waals surface area contributed by atoms with E-state index in [0.717, 1.165) is 22.8 Å². The molecule has 18 heavy (non-hydrogen) atoms. The lowest BCUT2D eigenvalue weighted by molar-refractivity contribution is 0.0936. The van der Waals surface area contributed by atoms with E-state index in [-0.39, 0.29) is 5.91 Å². The average molecular weight is 300 g/mol. The summed E-state index contributed by atoms with van der Waals surface area (Å²) in [5.41, 5.74) is 6.26. The van der Waals surface area contributed by atoms with E-state index in [9.17, 15) is 4.79 Å². The van der Waals surface area contributed by atoms with Gasteiger partial charge in [-0.1, -0.05) is 12.2 Å². The molecule has 1 aliphatic rings. The number of rotatable bonds is 3. The molecule has 3 nitrogen and oxygen atoms in total. The summed E-state index contributed by atoms with van der Waals surface area (Å²) in [6.07, 6.45) is 1.07. The molecule has 0 bridgehead atoms. The summed E-state index contributed by atoms with van der Waals surface area (Å²) in [6.45, 7) is 3.63. The summed E-state index contributed by atoms with van der Waals surface area (Å²) in [5.74, 6) is 2.07. The molecular formula is C12H16N2OS3. The van der Waals surface area contributed by atoms with Crippen molar-refractivity contribution in [1.82, 2.24) is 5.32 Å². The van der Waals surface area contributed by atoms with E-state index in [2.05, 4.69) is 5.32 Å². The molecule has 2 heterocycles. The molecule has 0 aliphatic carbocycles. The van der Waals surface area contributed by atoms with Crippen molar-refractivity contribution in [3.05, 3.63) is 21.4 Å². The van der Waals surface area contributed by atoms with E-state index < -0.39 is 5.54 Å². The van der Waals surface area contributed by atoms with Gasteiger partial charge in [0.2, 0.25) is 0 Å². The Morgan fingerprint density at radius 2 is 2.28 bits per heavy atom. The Morgan fingerprint density at radius 1 is 1.56 bits per heavy atom. The van der Waals surface area contributed by atoms with Crippen LogP contribution in [0.25, 0.3) is 0 Å². The van der Waals surface area contributed by atoms with Crippen LogP contribution in [0.5, 0.6) is 0 Å². The molecule has 2 rings (SSSR count). The molecule has 0 atom stereocenters. The van der Waals surface area contributed by atoms with Crippen LogP contribution < -0.4 is 11.1 Å². The molecular weight excluding hydrogens is 284 g/mol. The molecule has 98 valence electrons. The van der Waals surface area contributed by atoms with Crippen LogP contribution in [0.2, 0.25) is 0 Å². The third kappa shape index (κ3) is 2.87. The smallest absolute Gasteiger partial charge is 0.262 e. The third-order valence-corrected chi connectivity index (χ3v) is 5.65. The average Bonchev–Trinajstić information content (AvgIpc) is 2.71. The fraction of sp³-hybridized carbons (Fsp3) is 0.500. The van der Waals surface area contributed by atoms with Crippen LogP contribution in [0.15, 0.2) is 6.07 Å². The second kappa shape index (κ2) is 5.19. The van der Waals surface area contributed by atoms with Gasteiger partial charge in [0.05, 0.1) is 15.4 Å². The van der Waals surface area contributed by atoms with Gasteiger partial charge in [-0.05, 0) is 37.7 Å². The Hall–Kier alpha value is -0.590. The maximum absolute atomic E-state index is 12.2. The normalized spacial score (nSPS) is 15.0. The second-order valence-electron chi connectivity index (χ2n) is 4.81. The van der Waals surface area contributed by atoms with Crippen molar-refractivity contribution in [3.8, 4) is 0 Å². The van der Waals surface area contributed by atoms with E-state index >= 15 is 0 Å². The zero-order chi connectivity index (χ0) is 13.3. The molecule has 1 aliphatic heterocycles. The fourth-order valence-electron chi connectivity index (χ4n) is 1.67. The lowest BCUT2D eigenvalue weighted by Crippen LogP contribution is -2.51. The van der Waals surface area contributed by atoms with Crippen molar-refractivity contribution in [1.29, 1.82) is 0 Å². The van der Waals surface area contributed by atoms with Gasteiger partial charge in [0.1, 0.15) is 0 Å². The first-order chi connectivity index (χ1) is 8.40. The Bertz CT molecular complexity index is 470. The van der Waals surface area contributed by atoms with E-state index in [1.54, 1.807) is 11.3 Å². The highest BCUT2D eigenvalue weighted by molar-refractivity contribution is 7.98. The first-order valence-corrected chi connectivity index (χ1v) is 8.10. The molecule has 0 aromatic carbocycles. The zero-order valence-corrected chi connectivity index (χ0v) is 12.9. The van der Waals surface area contributed by atoms with Crippen LogP contribution in [0.1, 0.15) is 34.0 Å². The maximum atomic E-state index is 12.2. The molecule has 1 aromatic heterocycles. The Balaban J connectivity index is 2.14. The van der Waals surface area contributed by atoms with Crippen molar-refractivity contribution in [2.45, 2.75) is 31.6 Å². The van der Waals surface area contributed by atoms with Crippen molar-refractivity contribution >= 4 is 46.2 Å². The molecule has 0 spiro atoms. The van der Waals surface area contributed by atoms with E-state index in [0.29, 0.717) is 4.99 Å². The number of hydrogen-bond acceptors (Lipinski definition) is 4. The number of hydrogen-bond donors (Lipinski definition) is 2. The first-order valence-electron chi connectivity index (χ1n) is 5.72. The summed E-state index contributed by atoms with van der Waals surface area (Å²) in [4.78, 5) is 14.6. The second-order valence-corrected chi connectivity index (χ2v) is 7.49. The van der Waals surface area contributed by atoms with Crippen molar-refractivity contribution in [3.63, 3.8) is 0 Å². The minimum Gasteiger partial charge on any atom is -0.391 e. The monoisotopic (exact) mass is 300 g/mol. The van der Waals surface area contributed by atoms with Gasteiger partial charge in [-0.25, -0.2) is 0 Å². The highest BCUT2D eigenvalue weighted by atomic mass is 32.2. The molecule has 0 unspecified atom stereocenters. The largest absolute Gasteiger partial charge is 0.391 e. The predicted octanol–water partition coefficient (Wildman–Crippen LogP) is 2.33. The van der Waals surface area contributed by atoms with Gasteiger partial charge in [-0.15, -0.1) is 11.3 Å². The first kappa shape index (κ1) is 13.8. The minimum atomic E-state index is -0.647. The molecule has 1 amide bonds. The number of fused-ring (bicyclic) bond motifs is 1. The summed E-state index contributed by atoms with van der Waals surface area (Å²) in [6, 6.07) is 2.00. The molecule has 6 heteroatoms. The van der Waals surface area contributed by atoms with Gasteiger partial charge >= 0.3 is 0 Å². The Kier molecular flexibility index (Phi) is 3.99. The van der Waals surface area contributed by atoms with Gasteiger partial charge in [0.15, 0.2) is 0 Å². The lowest BCUT2D eigenvalue weighted by Gasteiger charge is -2.24. The lowest BCUT2D eigenvalue weighted by atomic mass is 10.1. The number of thiophene rings is 1. The van der Waals surface area contributed by atoms with Crippen LogP contribution in [-0.2, 0) is 12.2 Å². The molecule has 3 N–H and O–H groups in total. The number of amides is 1. The number of carbonyl (C=O) groups is 1. The van der Waals surface area contributed by atoms with Gasteiger partial charge in [0, 0.05) is 10.6 Å². The quantitative estimate of drug-likeness (QED) is 0.841. The Morgan fingerprint density at radius 3 is 2.89 bits per heavy atom. The summed E-state index contributed by atoms with van der Waals surface area (Å²) in [5, 5.41) is 2.88. The molecule has 1 aromatic rings. The number of carbonyl (C=O) groups excluding carboxylic acids is 1. The van der Waals surface area contributed by atoms with Crippen molar-refractivity contribution in [2.24, 2.45) is 5.73 Å². The molecule has 0 radical (unpaired) electrons. The third-order valence-electron chi connectivity index (χ3n) is 2.89. The molecule has 0 saturated carbocycles. The summed E-state index contributed by atoms with van der Waals surface area (Å²) >= 11 is 8.45. The topological polar surface area (TPSA) is 55.1 Å². The van der Waals surface area contributed by atoms with E-state index in [4.69, 9.17) is 18.0 Å². The van der Waals surface area contributed by atoms with Gasteiger partial charge in [0.25, 0.3) is 5.91 Å². The summed E-state index contributed by atoms with van der Waals surface area (Å²) < 4.78 is 0. The van der Waals surface area contributed by atoms with Crippen LogP contribution in [0, 0.1) is 0 Å². The van der Waals surface area contributed by atoms with Crippen LogP contribution in [0.4, 0.5) is 0 Å². The Labute approximate surface area is 121 Å². The number of thiocarbonyl (C=S) groups is 1. The van der Waals surface area contributed by atoms with Crippen LogP contribution >= 0.6 is 35.3 Å². The predicted molar refractivity (Wildman–Crippen MR) is 82.5 cm³/mol. The van der Waals surface area contributed by atoms with Crippen LogP contribution in [0.3, 0.4) is 0 Å². The molecule has 0 saturated heterocycles. The van der Waals surface area contributed by atoms with E-state index in [1.165, 1.54) is 10.4 Å². The fourth-order valence-corrected chi connectivity index (χ4v) is 3.98. The number of nitrogens with one attached hydrogen (secondary N) is 1. The van der Waals surface area contributed by atoms with Gasteiger partial charge < -0.3 is 11.1 Å². The zero-order valence-electron chi connectivity index (χ0n) is 10.4. The van der Waals surface area contributed by atoms with Crippen LogP contribution in [-0.4, -0.2) is 22.2 Å². The number of aryl methyl sites for hydroxylation is 1. The van der Waals surface area contributed by atoms with Crippen molar-refractivity contribution in [2.75, 3.05) is 5.75 Å². The van der Waals surface area contributed by atoms with E-state index in [1.807, 2.05) is 31.7 Å². The van der Waals surface area contributed by atoms with Gasteiger partial charge in [-0.2, -0.15) is 11.8 Å².